The maximum absolute atomic E-state index is 9.24. The zero-order chi connectivity index (χ0) is 18.6. The second kappa shape index (κ2) is 12.6. The molecule has 0 spiro atoms. The average molecular weight is 367 g/mol. The molecular formula is C21H42N4O. The van der Waals surface area contributed by atoms with Crippen LogP contribution in [0.1, 0.15) is 78.1 Å². The van der Waals surface area contributed by atoms with Gasteiger partial charge in [0.15, 0.2) is 5.96 Å². The van der Waals surface area contributed by atoms with Crippen LogP contribution < -0.4 is 10.6 Å². The van der Waals surface area contributed by atoms with E-state index in [1.807, 2.05) is 0 Å². The largest absolute Gasteiger partial charge is 0.396 e. The van der Waals surface area contributed by atoms with Crippen molar-refractivity contribution < 1.29 is 5.11 Å². The summed E-state index contributed by atoms with van der Waals surface area (Å²) in [7, 11) is 0. The monoisotopic (exact) mass is 366 g/mol. The van der Waals surface area contributed by atoms with E-state index in [1.165, 1.54) is 58.0 Å². The molecule has 0 aromatic rings. The molecule has 152 valence electrons. The quantitative estimate of drug-likeness (QED) is 0.433. The minimum absolute atomic E-state index is 0.268. The van der Waals surface area contributed by atoms with Crippen LogP contribution in [0.2, 0.25) is 0 Å². The summed E-state index contributed by atoms with van der Waals surface area (Å²) in [5, 5.41) is 16.3. The molecule has 2 aliphatic rings. The van der Waals surface area contributed by atoms with Gasteiger partial charge >= 0.3 is 0 Å². The van der Waals surface area contributed by atoms with Crippen LogP contribution in [-0.4, -0.2) is 60.8 Å². The number of aliphatic imine (C=N–C) groups is 1. The van der Waals surface area contributed by atoms with E-state index in [4.69, 9.17) is 4.99 Å². The Morgan fingerprint density at radius 1 is 1.08 bits per heavy atom. The van der Waals surface area contributed by atoms with E-state index in [0.29, 0.717) is 12.0 Å². The lowest BCUT2D eigenvalue weighted by Gasteiger charge is -2.39. The molecule has 1 unspecified atom stereocenters. The fourth-order valence-electron chi connectivity index (χ4n) is 4.51. The highest BCUT2D eigenvalue weighted by molar-refractivity contribution is 5.80. The van der Waals surface area contributed by atoms with Gasteiger partial charge in [-0.2, -0.15) is 0 Å². The van der Waals surface area contributed by atoms with Gasteiger partial charge in [0.25, 0.3) is 0 Å². The molecule has 3 N–H and O–H groups in total. The number of piperidine rings is 1. The first kappa shape index (κ1) is 21.5. The van der Waals surface area contributed by atoms with Gasteiger partial charge in [-0.05, 0) is 51.4 Å². The summed E-state index contributed by atoms with van der Waals surface area (Å²) in [6, 6.07) is 1.38. The van der Waals surface area contributed by atoms with Crippen molar-refractivity contribution in [2.75, 3.05) is 32.8 Å². The predicted octanol–water partition coefficient (Wildman–Crippen LogP) is 3.14. The van der Waals surface area contributed by atoms with Crippen LogP contribution in [0.25, 0.3) is 0 Å². The van der Waals surface area contributed by atoms with Crippen LogP contribution in [0, 0.1) is 5.92 Å². The summed E-state index contributed by atoms with van der Waals surface area (Å²) in [5.41, 5.74) is 0. The second-order valence-electron chi connectivity index (χ2n) is 8.13. The summed E-state index contributed by atoms with van der Waals surface area (Å²) >= 11 is 0. The summed E-state index contributed by atoms with van der Waals surface area (Å²) in [6.07, 6.45) is 12.7. The summed E-state index contributed by atoms with van der Waals surface area (Å²) in [6.45, 7) is 8.76. The van der Waals surface area contributed by atoms with Crippen molar-refractivity contribution in [2.24, 2.45) is 10.9 Å². The van der Waals surface area contributed by atoms with E-state index in [2.05, 4.69) is 29.4 Å². The molecule has 1 atom stereocenters. The van der Waals surface area contributed by atoms with Crippen LogP contribution in [0.15, 0.2) is 4.99 Å². The lowest BCUT2D eigenvalue weighted by molar-refractivity contribution is 0.119. The van der Waals surface area contributed by atoms with Crippen LogP contribution >= 0.6 is 0 Å². The molecular weight excluding hydrogens is 324 g/mol. The molecule has 0 bridgehead atoms. The first-order chi connectivity index (χ1) is 12.8. The fraction of sp³-hybridized carbons (Fsp3) is 0.952. The fourth-order valence-corrected chi connectivity index (χ4v) is 4.51. The Balaban J connectivity index is 1.78. The number of aliphatic hydroxyl groups is 1. The Hall–Kier alpha value is -0.810. The lowest BCUT2D eigenvalue weighted by atomic mass is 9.92. The second-order valence-corrected chi connectivity index (χ2v) is 8.13. The first-order valence-electron chi connectivity index (χ1n) is 11.2. The molecule has 0 aromatic heterocycles. The smallest absolute Gasteiger partial charge is 0.191 e. The Bertz CT molecular complexity index is 381. The summed E-state index contributed by atoms with van der Waals surface area (Å²) in [4.78, 5) is 7.56. The highest BCUT2D eigenvalue weighted by Crippen LogP contribution is 2.25. The number of hydrogen-bond acceptors (Lipinski definition) is 3. The van der Waals surface area contributed by atoms with Crippen LogP contribution in [0.3, 0.4) is 0 Å². The average Bonchev–Trinajstić information content (AvgIpc) is 2.68. The van der Waals surface area contributed by atoms with Crippen molar-refractivity contribution in [1.29, 1.82) is 0 Å². The molecule has 1 saturated carbocycles. The lowest BCUT2D eigenvalue weighted by Crippen LogP contribution is -2.51. The van der Waals surface area contributed by atoms with E-state index in [-0.39, 0.29) is 6.61 Å². The summed E-state index contributed by atoms with van der Waals surface area (Å²) in [5.74, 6) is 1.45. The van der Waals surface area contributed by atoms with Gasteiger partial charge in [0.05, 0.1) is 0 Å². The zero-order valence-electron chi connectivity index (χ0n) is 17.2. The van der Waals surface area contributed by atoms with Gasteiger partial charge < -0.3 is 20.6 Å². The molecule has 1 aliphatic heterocycles. The Morgan fingerprint density at radius 2 is 1.81 bits per heavy atom. The van der Waals surface area contributed by atoms with Gasteiger partial charge in [-0.15, -0.1) is 0 Å². The van der Waals surface area contributed by atoms with E-state index >= 15 is 0 Å². The van der Waals surface area contributed by atoms with Gasteiger partial charge in [0.1, 0.15) is 0 Å². The number of rotatable bonds is 9. The van der Waals surface area contributed by atoms with Gasteiger partial charge in [-0.25, -0.2) is 0 Å². The molecule has 1 saturated heterocycles. The predicted molar refractivity (Wildman–Crippen MR) is 111 cm³/mol. The third-order valence-electron chi connectivity index (χ3n) is 6.05. The van der Waals surface area contributed by atoms with E-state index < -0.39 is 0 Å². The van der Waals surface area contributed by atoms with Crippen molar-refractivity contribution in [1.82, 2.24) is 15.5 Å². The van der Waals surface area contributed by atoms with Crippen molar-refractivity contribution in [3.63, 3.8) is 0 Å². The molecule has 5 nitrogen and oxygen atoms in total. The topological polar surface area (TPSA) is 59.9 Å². The molecule has 2 rings (SSSR count). The molecule has 2 fully saturated rings. The third-order valence-corrected chi connectivity index (χ3v) is 6.05. The highest BCUT2D eigenvalue weighted by Gasteiger charge is 2.26. The maximum Gasteiger partial charge on any atom is 0.191 e. The zero-order valence-corrected chi connectivity index (χ0v) is 17.2. The van der Waals surface area contributed by atoms with Crippen molar-refractivity contribution in [3.05, 3.63) is 0 Å². The van der Waals surface area contributed by atoms with Crippen molar-refractivity contribution >= 4 is 5.96 Å². The Labute approximate surface area is 161 Å². The normalized spacial score (nSPS) is 22.3. The van der Waals surface area contributed by atoms with Gasteiger partial charge in [-0.3, -0.25) is 4.99 Å². The van der Waals surface area contributed by atoms with Crippen molar-refractivity contribution in [3.8, 4) is 0 Å². The molecule has 1 aliphatic carbocycles. The molecule has 0 amide bonds. The van der Waals surface area contributed by atoms with Crippen LogP contribution in [0.4, 0.5) is 0 Å². The first-order valence-corrected chi connectivity index (χ1v) is 11.2. The number of nitrogens with one attached hydrogen (secondary N) is 2. The Morgan fingerprint density at radius 3 is 2.42 bits per heavy atom. The van der Waals surface area contributed by atoms with Crippen molar-refractivity contribution in [2.45, 2.75) is 90.1 Å². The molecule has 0 aromatic carbocycles. The number of aliphatic hydroxyl groups excluding tert-OH is 1. The SMILES string of the molecule is CCCC(CCO)CN=C(NCC)NC1CCN(C2CCCCC2)CC1. The van der Waals surface area contributed by atoms with Crippen LogP contribution in [0.5, 0.6) is 0 Å². The molecule has 1 heterocycles. The molecule has 26 heavy (non-hydrogen) atoms. The van der Waals surface area contributed by atoms with Gasteiger partial charge in [-0.1, -0.05) is 32.6 Å². The third kappa shape index (κ3) is 7.43. The standard InChI is InChI=1S/C21H42N4O/c1-3-8-18(13-16-26)17-23-21(22-4-2)24-19-11-14-25(15-12-19)20-9-6-5-7-10-20/h18-20,26H,3-17H2,1-2H3,(H2,22,23,24). The minimum atomic E-state index is 0.268. The van der Waals surface area contributed by atoms with E-state index in [0.717, 1.165) is 44.4 Å². The van der Waals surface area contributed by atoms with Gasteiger partial charge in [0.2, 0.25) is 0 Å². The van der Waals surface area contributed by atoms with Crippen LogP contribution in [-0.2, 0) is 0 Å². The number of guanidine groups is 1. The maximum atomic E-state index is 9.24. The number of nitrogens with zero attached hydrogens (tertiary/aromatic N) is 2. The summed E-state index contributed by atoms with van der Waals surface area (Å²) < 4.78 is 0. The Kier molecular flexibility index (Phi) is 10.4. The minimum Gasteiger partial charge on any atom is -0.396 e. The van der Waals surface area contributed by atoms with E-state index in [9.17, 15) is 5.11 Å². The van der Waals surface area contributed by atoms with E-state index in [1.54, 1.807) is 0 Å². The highest BCUT2D eigenvalue weighted by atomic mass is 16.3. The number of likely N-dealkylation sites (tertiary alicyclic amines) is 1. The number of hydrogen-bond donors (Lipinski definition) is 3. The molecule has 0 radical (unpaired) electrons. The molecule has 5 heteroatoms. The van der Waals surface area contributed by atoms with Gasteiger partial charge in [0, 0.05) is 44.9 Å².